The Hall–Kier alpha value is -2.17. The smallest absolute Gasteiger partial charge is 0.319 e. The van der Waals surface area contributed by atoms with Crippen molar-refractivity contribution in [3.8, 4) is 0 Å². The lowest BCUT2D eigenvalue weighted by molar-refractivity contribution is 0.252. The zero-order valence-corrected chi connectivity index (χ0v) is 10.7. The van der Waals surface area contributed by atoms with E-state index in [4.69, 9.17) is 0 Å². The van der Waals surface area contributed by atoms with Gasteiger partial charge < -0.3 is 10.6 Å². The van der Waals surface area contributed by atoms with Crippen LogP contribution in [0.15, 0.2) is 18.2 Å². The fourth-order valence-corrected chi connectivity index (χ4v) is 1.64. The normalized spacial score (nSPS) is 10.4. The number of anilines is 1. The number of carbonyl (C=O) groups excluding carboxylic acids is 1. The first-order chi connectivity index (χ1) is 8.60. The Morgan fingerprint density at radius 2 is 1.83 bits per heavy atom. The van der Waals surface area contributed by atoms with E-state index in [0.29, 0.717) is 12.2 Å². The van der Waals surface area contributed by atoms with Crippen molar-refractivity contribution in [2.75, 3.05) is 11.9 Å². The molecule has 1 aromatic carbocycles. The van der Waals surface area contributed by atoms with Crippen molar-refractivity contribution >= 4 is 22.8 Å². The molecule has 0 radical (unpaired) electrons. The molecule has 0 fully saturated rings. The standard InChI is InChI=1S/C13H16N4O/c1-4-14-13(18)17-10-5-6-11-12(7-10)16-9(3)8(2)15-11/h5-7H,4H2,1-3H3,(H2,14,17,18). The molecular weight excluding hydrogens is 228 g/mol. The number of rotatable bonds is 2. The third-order valence-electron chi connectivity index (χ3n) is 2.67. The molecule has 5 heteroatoms. The molecule has 0 aliphatic rings. The second kappa shape index (κ2) is 5.00. The number of hydrogen-bond donors (Lipinski definition) is 2. The Kier molecular flexibility index (Phi) is 3.41. The van der Waals surface area contributed by atoms with Gasteiger partial charge in [0.25, 0.3) is 0 Å². The van der Waals surface area contributed by atoms with E-state index >= 15 is 0 Å². The fraction of sp³-hybridized carbons (Fsp3) is 0.308. The summed E-state index contributed by atoms with van der Waals surface area (Å²) in [4.78, 5) is 20.3. The minimum atomic E-state index is -0.214. The van der Waals surface area contributed by atoms with Crippen LogP contribution in [0.5, 0.6) is 0 Å². The highest BCUT2D eigenvalue weighted by Crippen LogP contribution is 2.17. The fourth-order valence-electron chi connectivity index (χ4n) is 1.64. The minimum absolute atomic E-state index is 0.214. The van der Waals surface area contributed by atoms with E-state index in [0.717, 1.165) is 22.4 Å². The maximum absolute atomic E-state index is 11.4. The Morgan fingerprint density at radius 1 is 1.17 bits per heavy atom. The second-order valence-corrected chi connectivity index (χ2v) is 4.08. The van der Waals surface area contributed by atoms with E-state index in [1.807, 2.05) is 39.0 Å². The first-order valence-electron chi connectivity index (χ1n) is 5.90. The van der Waals surface area contributed by atoms with Crippen molar-refractivity contribution in [1.29, 1.82) is 0 Å². The van der Waals surface area contributed by atoms with Gasteiger partial charge in [0.1, 0.15) is 0 Å². The van der Waals surface area contributed by atoms with Crippen molar-refractivity contribution in [3.63, 3.8) is 0 Å². The molecular formula is C13H16N4O. The Labute approximate surface area is 106 Å². The van der Waals surface area contributed by atoms with Crippen molar-refractivity contribution in [3.05, 3.63) is 29.6 Å². The van der Waals surface area contributed by atoms with Gasteiger partial charge >= 0.3 is 6.03 Å². The van der Waals surface area contributed by atoms with E-state index in [-0.39, 0.29) is 6.03 Å². The van der Waals surface area contributed by atoms with Crippen LogP contribution in [0.25, 0.3) is 11.0 Å². The highest BCUT2D eigenvalue weighted by molar-refractivity contribution is 5.91. The molecule has 0 bridgehead atoms. The van der Waals surface area contributed by atoms with Gasteiger partial charge in [-0.05, 0) is 39.0 Å². The average Bonchev–Trinajstić information content (AvgIpc) is 2.31. The number of nitrogens with one attached hydrogen (secondary N) is 2. The lowest BCUT2D eigenvalue weighted by Gasteiger charge is -2.07. The Bertz CT molecular complexity index is 595. The van der Waals surface area contributed by atoms with Gasteiger partial charge in [-0.15, -0.1) is 0 Å². The molecule has 18 heavy (non-hydrogen) atoms. The number of aromatic nitrogens is 2. The summed E-state index contributed by atoms with van der Waals surface area (Å²) < 4.78 is 0. The molecule has 0 saturated carbocycles. The summed E-state index contributed by atoms with van der Waals surface area (Å²) >= 11 is 0. The number of aryl methyl sites for hydroxylation is 2. The lowest BCUT2D eigenvalue weighted by atomic mass is 10.2. The predicted octanol–water partition coefficient (Wildman–Crippen LogP) is 2.39. The molecule has 1 heterocycles. The SMILES string of the molecule is CCNC(=O)Nc1ccc2nc(C)c(C)nc2c1. The third kappa shape index (κ3) is 2.56. The number of hydrogen-bond acceptors (Lipinski definition) is 3. The summed E-state index contributed by atoms with van der Waals surface area (Å²) in [5.41, 5.74) is 4.16. The van der Waals surface area contributed by atoms with E-state index in [9.17, 15) is 4.79 Å². The summed E-state index contributed by atoms with van der Waals surface area (Å²) in [6, 6.07) is 5.29. The minimum Gasteiger partial charge on any atom is -0.338 e. The van der Waals surface area contributed by atoms with Crippen LogP contribution in [0.2, 0.25) is 0 Å². The van der Waals surface area contributed by atoms with Gasteiger partial charge in [0.05, 0.1) is 22.4 Å². The molecule has 2 N–H and O–H groups in total. The lowest BCUT2D eigenvalue weighted by Crippen LogP contribution is -2.28. The molecule has 0 unspecified atom stereocenters. The van der Waals surface area contributed by atoms with Crippen LogP contribution in [0.4, 0.5) is 10.5 Å². The maximum Gasteiger partial charge on any atom is 0.319 e. The molecule has 0 aliphatic heterocycles. The molecule has 0 saturated heterocycles. The third-order valence-corrected chi connectivity index (χ3v) is 2.67. The monoisotopic (exact) mass is 244 g/mol. The van der Waals surface area contributed by atoms with Crippen LogP contribution in [-0.2, 0) is 0 Å². The molecule has 0 aliphatic carbocycles. The molecule has 94 valence electrons. The van der Waals surface area contributed by atoms with E-state index in [2.05, 4.69) is 20.6 Å². The average molecular weight is 244 g/mol. The quantitative estimate of drug-likeness (QED) is 0.852. The van der Waals surface area contributed by atoms with Gasteiger partial charge in [0.15, 0.2) is 0 Å². The van der Waals surface area contributed by atoms with E-state index in [1.165, 1.54) is 0 Å². The van der Waals surface area contributed by atoms with Gasteiger partial charge in [0.2, 0.25) is 0 Å². The number of fused-ring (bicyclic) bond motifs is 1. The van der Waals surface area contributed by atoms with Crippen LogP contribution >= 0.6 is 0 Å². The highest BCUT2D eigenvalue weighted by atomic mass is 16.2. The number of carbonyl (C=O) groups is 1. The summed E-state index contributed by atoms with van der Waals surface area (Å²) in [6.07, 6.45) is 0. The van der Waals surface area contributed by atoms with Crippen molar-refractivity contribution < 1.29 is 4.79 Å². The highest BCUT2D eigenvalue weighted by Gasteiger charge is 2.04. The number of benzene rings is 1. The summed E-state index contributed by atoms with van der Waals surface area (Å²) in [5.74, 6) is 0. The first-order valence-corrected chi connectivity index (χ1v) is 5.90. The van der Waals surface area contributed by atoms with Crippen LogP contribution in [0.1, 0.15) is 18.3 Å². The zero-order chi connectivity index (χ0) is 13.1. The molecule has 0 atom stereocenters. The van der Waals surface area contributed by atoms with Crippen LogP contribution in [0.3, 0.4) is 0 Å². The topological polar surface area (TPSA) is 66.9 Å². The molecule has 2 aromatic rings. The molecule has 2 amide bonds. The van der Waals surface area contributed by atoms with Gasteiger partial charge in [-0.25, -0.2) is 14.8 Å². The molecule has 0 spiro atoms. The molecule has 1 aromatic heterocycles. The Morgan fingerprint density at radius 3 is 2.50 bits per heavy atom. The summed E-state index contributed by atoms with van der Waals surface area (Å²) in [5, 5.41) is 5.43. The van der Waals surface area contributed by atoms with Crippen LogP contribution in [-0.4, -0.2) is 22.5 Å². The van der Waals surface area contributed by atoms with E-state index in [1.54, 1.807) is 0 Å². The molecule has 5 nitrogen and oxygen atoms in total. The van der Waals surface area contributed by atoms with Gasteiger partial charge in [-0.2, -0.15) is 0 Å². The Balaban J connectivity index is 2.32. The van der Waals surface area contributed by atoms with E-state index < -0.39 is 0 Å². The largest absolute Gasteiger partial charge is 0.338 e. The van der Waals surface area contributed by atoms with Gasteiger partial charge in [0, 0.05) is 12.2 Å². The number of urea groups is 1. The second-order valence-electron chi connectivity index (χ2n) is 4.08. The van der Waals surface area contributed by atoms with Crippen molar-refractivity contribution in [1.82, 2.24) is 15.3 Å². The number of amides is 2. The maximum atomic E-state index is 11.4. The van der Waals surface area contributed by atoms with Crippen LogP contribution < -0.4 is 10.6 Å². The first kappa shape index (κ1) is 12.3. The summed E-state index contributed by atoms with van der Waals surface area (Å²) in [7, 11) is 0. The van der Waals surface area contributed by atoms with Crippen LogP contribution in [0, 0.1) is 13.8 Å². The summed E-state index contributed by atoms with van der Waals surface area (Å²) in [6.45, 7) is 6.32. The molecule has 2 rings (SSSR count). The van der Waals surface area contributed by atoms with Crippen molar-refractivity contribution in [2.45, 2.75) is 20.8 Å². The predicted molar refractivity (Wildman–Crippen MR) is 71.7 cm³/mol. The van der Waals surface area contributed by atoms with Gasteiger partial charge in [-0.3, -0.25) is 0 Å². The number of nitrogens with zero attached hydrogens (tertiary/aromatic N) is 2. The zero-order valence-electron chi connectivity index (χ0n) is 10.7. The van der Waals surface area contributed by atoms with Gasteiger partial charge in [-0.1, -0.05) is 0 Å². The van der Waals surface area contributed by atoms with Crippen molar-refractivity contribution in [2.24, 2.45) is 0 Å².